The molecule has 92 valence electrons. The van der Waals surface area contributed by atoms with E-state index >= 15 is 0 Å². The number of carboxylic acids is 1. The van der Waals surface area contributed by atoms with Crippen molar-refractivity contribution < 1.29 is 19.4 Å². The SMILES string of the molecule is COc1c(C)cc(NC(=O)C(=O)O)c(C)c1C. The van der Waals surface area contributed by atoms with Crippen molar-refractivity contribution in [2.24, 2.45) is 0 Å². The third-order valence-corrected chi connectivity index (χ3v) is 2.67. The van der Waals surface area contributed by atoms with Crippen molar-refractivity contribution in [3.63, 3.8) is 0 Å². The molecule has 0 aliphatic heterocycles. The number of aryl methyl sites for hydroxylation is 1. The first-order valence-electron chi connectivity index (χ1n) is 5.07. The van der Waals surface area contributed by atoms with Crippen LogP contribution in [0.5, 0.6) is 5.75 Å². The van der Waals surface area contributed by atoms with E-state index in [9.17, 15) is 9.59 Å². The summed E-state index contributed by atoms with van der Waals surface area (Å²) in [6.07, 6.45) is 0. The van der Waals surface area contributed by atoms with Crippen LogP contribution in [-0.4, -0.2) is 24.1 Å². The summed E-state index contributed by atoms with van der Waals surface area (Å²) in [4.78, 5) is 21.6. The van der Waals surface area contributed by atoms with E-state index < -0.39 is 11.9 Å². The van der Waals surface area contributed by atoms with Gasteiger partial charge in [-0.15, -0.1) is 0 Å². The van der Waals surface area contributed by atoms with Crippen molar-refractivity contribution in [3.8, 4) is 5.75 Å². The number of hydrogen-bond acceptors (Lipinski definition) is 3. The van der Waals surface area contributed by atoms with Gasteiger partial charge in [0, 0.05) is 5.69 Å². The van der Waals surface area contributed by atoms with E-state index in [0.717, 1.165) is 22.4 Å². The lowest BCUT2D eigenvalue weighted by Crippen LogP contribution is -2.22. The second-order valence-electron chi connectivity index (χ2n) is 3.78. The van der Waals surface area contributed by atoms with Gasteiger partial charge in [-0.05, 0) is 43.5 Å². The van der Waals surface area contributed by atoms with Crippen molar-refractivity contribution in [2.45, 2.75) is 20.8 Å². The largest absolute Gasteiger partial charge is 0.496 e. The number of carbonyl (C=O) groups is 2. The number of amides is 1. The summed E-state index contributed by atoms with van der Waals surface area (Å²) in [7, 11) is 1.57. The third kappa shape index (κ3) is 2.55. The number of benzene rings is 1. The Balaban J connectivity index is 3.19. The predicted molar refractivity (Wildman–Crippen MR) is 63.5 cm³/mol. The zero-order valence-electron chi connectivity index (χ0n) is 10.2. The average Bonchev–Trinajstić information content (AvgIpc) is 2.26. The van der Waals surface area contributed by atoms with E-state index in [0.29, 0.717) is 5.69 Å². The second-order valence-corrected chi connectivity index (χ2v) is 3.78. The molecule has 1 amide bonds. The highest BCUT2D eigenvalue weighted by Crippen LogP contribution is 2.31. The van der Waals surface area contributed by atoms with Crippen LogP contribution in [0, 0.1) is 20.8 Å². The van der Waals surface area contributed by atoms with Crippen molar-refractivity contribution in [3.05, 3.63) is 22.8 Å². The van der Waals surface area contributed by atoms with Gasteiger partial charge >= 0.3 is 11.9 Å². The Morgan fingerprint density at radius 1 is 1.24 bits per heavy atom. The lowest BCUT2D eigenvalue weighted by Gasteiger charge is -2.15. The van der Waals surface area contributed by atoms with Gasteiger partial charge in [-0.3, -0.25) is 4.79 Å². The van der Waals surface area contributed by atoms with Crippen LogP contribution in [0.15, 0.2) is 6.07 Å². The quantitative estimate of drug-likeness (QED) is 0.767. The zero-order chi connectivity index (χ0) is 13.2. The molecule has 0 spiro atoms. The zero-order valence-corrected chi connectivity index (χ0v) is 10.2. The number of methoxy groups -OCH3 is 1. The first-order valence-corrected chi connectivity index (χ1v) is 5.07. The van der Waals surface area contributed by atoms with Gasteiger partial charge < -0.3 is 15.2 Å². The molecule has 2 N–H and O–H groups in total. The fourth-order valence-corrected chi connectivity index (χ4v) is 1.68. The fourth-order valence-electron chi connectivity index (χ4n) is 1.68. The van der Waals surface area contributed by atoms with Crippen molar-refractivity contribution in [2.75, 3.05) is 12.4 Å². The Labute approximate surface area is 99.4 Å². The van der Waals surface area contributed by atoms with Crippen LogP contribution in [0.4, 0.5) is 5.69 Å². The molecule has 5 nitrogen and oxygen atoms in total. The van der Waals surface area contributed by atoms with Crippen molar-refractivity contribution in [1.29, 1.82) is 0 Å². The molecule has 5 heteroatoms. The van der Waals surface area contributed by atoms with E-state index in [-0.39, 0.29) is 0 Å². The third-order valence-electron chi connectivity index (χ3n) is 2.67. The van der Waals surface area contributed by atoms with Gasteiger partial charge in [-0.1, -0.05) is 0 Å². The minimum atomic E-state index is -1.50. The summed E-state index contributed by atoms with van der Waals surface area (Å²) >= 11 is 0. The summed E-state index contributed by atoms with van der Waals surface area (Å²) in [5.41, 5.74) is 3.01. The first kappa shape index (κ1) is 13.0. The lowest BCUT2D eigenvalue weighted by molar-refractivity contribution is -0.147. The Morgan fingerprint density at radius 2 is 1.82 bits per heavy atom. The van der Waals surface area contributed by atoms with E-state index in [1.807, 2.05) is 13.8 Å². The highest BCUT2D eigenvalue weighted by Gasteiger charge is 2.16. The van der Waals surface area contributed by atoms with Gasteiger partial charge in [0.25, 0.3) is 0 Å². The molecule has 0 atom stereocenters. The molecule has 0 heterocycles. The molecule has 1 aromatic carbocycles. The summed E-state index contributed by atoms with van der Waals surface area (Å²) < 4.78 is 5.23. The number of ether oxygens (including phenoxy) is 1. The highest BCUT2D eigenvalue weighted by atomic mass is 16.5. The number of aliphatic carboxylic acids is 1. The Bertz CT molecular complexity index is 480. The molecule has 0 saturated carbocycles. The number of anilines is 1. The molecule has 0 fully saturated rings. The molecule has 0 aliphatic rings. The molecular weight excluding hydrogens is 222 g/mol. The molecular formula is C12H15NO4. The van der Waals surface area contributed by atoms with Crippen LogP contribution in [0.1, 0.15) is 16.7 Å². The maximum Gasteiger partial charge on any atom is 0.394 e. The number of carboxylic acid groups (broad SMARTS) is 1. The topological polar surface area (TPSA) is 75.6 Å². The molecule has 0 aliphatic carbocycles. The summed E-state index contributed by atoms with van der Waals surface area (Å²) in [5.74, 6) is -1.80. The normalized spacial score (nSPS) is 9.88. The highest BCUT2D eigenvalue weighted by molar-refractivity contribution is 6.36. The van der Waals surface area contributed by atoms with Gasteiger partial charge in [0.05, 0.1) is 7.11 Å². The maximum atomic E-state index is 11.1. The van der Waals surface area contributed by atoms with Crippen LogP contribution >= 0.6 is 0 Å². The monoisotopic (exact) mass is 237 g/mol. The van der Waals surface area contributed by atoms with Gasteiger partial charge in [0.15, 0.2) is 0 Å². The summed E-state index contributed by atoms with van der Waals surface area (Å²) in [5, 5.41) is 10.9. The Morgan fingerprint density at radius 3 is 2.29 bits per heavy atom. The second kappa shape index (κ2) is 4.86. The van der Waals surface area contributed by atoms with E-state index in [1.54, 1.807) is 20.1 Å². The minimum Gasteiger partial charge on any atom is -0.496 e. The molecule has 0 aromatic heterocycles. The number of hydrogen-bond donors (Lipinski definition) is 2. The van der Waals surface area contributed by atoms with Gasteiger partial charge in [-0.2, -0.15) is 0 Å². The minimum absolute atomic E-state index is 0.494. The Kier molecular flexibility index (Phi) is 3.73. The van der Waals surface area contributed by atoms with Crippen LogP contribution in [0.2, 0.25) is 0 Å². The number of nitrogens with one attached hydrogen (secondary N) is 1. The Hall–Kier alpha value is -2.04. The molecule has 1 aromatic rings. The average molecular weight is 237 g/mol. The number of carbonyl (C=O) groups excluding carboxylic acids is 1. The smallest absolute Gasteiger partial charge is 0.394 e. The van der Waals surface area contributed by atoms with Crippen LogP contribution in [0.3, 0.4) is 0 Å². The van der Waals surface area contributed by atoms with E-state index in [1.165, 1.54) is 0 Å². The van der Waals surface area contributed by atoms with Gasteiger partial charge in [-0.25, -0.2) is 4.79 Å². The van der Waals surface area contributed by atoms with Gasteiger partial charge in [0.1, 0.15) is 5.75 Å². The lowest BCUT2D eigenvalue weighted by atomic mass is 10.0. The van der Waals surface area contributed by atoms with E-state index in [2.05, 4.69) is 5.32 Å². The van der Waals surface area contributed by atoms with Crippen LogP contribution in [0.25, 0.3) is 0 Å². The fraction of sp³-hybridized carbons (Fsp3) is 0.333. The van der Waals surface area contributed by atoms with Crippen LogP contribution < -0.4 is 10.1 Å². The standard InChI is InChI=1S/C12H15NO4/c1-6-5-9(13-11(14)12(15)16)7(2)8(3)10(6)17-4/h5H,1-4H3,(H,13,14)(H,15,16). The molecule has 0 saturated heterocycles. The summed E-state index contributed by atoms with van der Waals surface area (Å²) in [6, 6.07) is 1.70. The summed E-state index contributed by atoms with van der Waals surface area (Å²) in [6.45, 7) is 5.49. The maximum absolute atomic E-state index is 11.1. The first-order chi connectivity index (χ1) is 7.88. The van der Waals surface area contributed by atoms with Crippen molar-refractivity contribution >= 4 is 17.6 Å². The van der Waals surface area contributed by atoms with Gasteiger partial charge in [0.2, 0.25) is 0 Å². The van der Waals surface area contributed by atoms with Crippen molar-refractivity contribution in [1.82, 2.24) is 0 Å². The molecule has 17 heavy (non-hydrogen) atoms. The van der Waals surface area contributed by atoms with Crippen LogP contribution in [-0.2, 0) is 9.59 Å². The predicted octanol–water partition coefficient (Wildman–Crippen LogP) is 1.64. The number of rotatable bonds is 2. The molecule has 0 unspecified atom stereocenters. The molecule has 0 radical (unpaired) electrons. The molecule has 0 bridgehead atoms. The molecule has 1 rings (SSSR count). The van der Waals surface area contributed by atoms with E-state index in [4.69, 9.17) is 9.84 Å².